The van der Waals surface area contributed by atoms with Crippen LogP contribution in [0.5, 0.6) is 0 Å². The molecule has 1 N–H and O–H groups in total. The van der Waals surface area contributed by atoms with Crippen molar-refractivity contribution in [2.24, 2.45) is 0 Å². The van der Waals surface area contributed by atoms with Gasteiger partial charge in [-0.15, -0.1) is 0 Å². The molecule has 1 fully saturated rings. The van der Waals surface area contributed by atoms with Crippen molar-refractivity contribution in [3.63, 3.8) is 0 Å². The zero-order chi connectivity index (χ0) is 16.2. The summed E-state index contributed by atoms with van der Waals surface area (Å²) in [6.07, 6.45) is 3.50. The Hall–Kier alpha value is -1.67. The van der Waals surface area contributed by atoms with Crippen LogP contribution in [0.15, 0.2) is 0 Å². The van der Waals surface area contributed by atoms with Gasteiger partial charge in [0.2, 0.25) is 5.95 Å². The highest BCUT2D eigenvalue weighted by atomic mass is 32.1. The summed E-state index contributed by atoms with van der Waals surface area (Å²) < 4.78 is 12.1. The molecule has 8 heteroatoms. The predicted octanol–water partition coefficient (Wildman–Crippen LogP) is 1.80. The number of carbonyl (C=O) groups is 1. The Labute approximate surface area is 140 Å². The van der Waals surface area contributed by atoms with Gasteiger partial charge in [-0.25, -0.2) is 14.3 Å². The monoisotopic (exact) mass is 338 g/mol. The Morgan fingerprint density at radius 3 is 2.83 bits per heavy atom. The Balaban J connectivity index is 1.83. The fourth-order valence-electron chi connectivity index (χ4n) is 2.95. The minimum atomic E-state index is -0.393. The number of ether oxygens (including phenoxy) is 2. The fourth-order valence-corrected chi connectivity index (χ4v) is 3.22. The first-order valence-electron chi connectivity index (χ1n) is 8.12. The van der Waals surface area contributed by atoms with Gasteiger partial charge in [0.15, 0.2) is 5.11 Å². The molecular formula is C15H22N4O3S. The van der Waals surface area contributed by atoms with Gasteiger partial charge in [0.25, 0.3) is 0 Å². The summed E-state index contributed by atoms with van der Waals surface area (Å²) in [6.45, 7) is 4.93. The zero-order valence-corrected chi connectivity index (χ0v) is 14.2. The molecule has 0 bridgehead atoms. The number of nitrogens with zero attached hydrogens (tertiary/aromatic N) is 3. The van der Waals surface area contributed by atoms with Gasteiger partial charge < -0.3 is 19.7 Å². The lowest BCUT2D eigenvalue weighted by Crippen LogP contribution is -2.43. The summed E-state index contributed by atoms with van der Waals surface area (Å²) >= 11 is 5.46. The average Bonchev–Trinajstić information content (AvgIpc) is 2.93. The van der Waals surface area contributed by atoms with E-state index < -0.39 is 6.09 Å². The predicted molar refractivity (Wildman–Crippen MR) is 89.9 cm³/mol. The van der Waals surface area contributed by atoms with E-state index in [2.05, 4.69) is 10.3 Å². The second-order valence-electron chi connectivity index (χ2n) is 5.60. The number of fused-ring (bicyclic) bond motifs is 1. The Bertz CT molecular complexity index is 596. The third-order valence-corrected chi connectivity index (χ3v) is 4.46. The summed E-state index contributed by atoms with van der Waals surface area (Å²) in [5.74, 6) is 0.465. The van der Waals surface area contributed by atoms with E-state index in [0.29, 0.717) is 30.9 Å². The summed E-state index contributed by atoms with van der Waals surface area (Å²) in [5, 5.41) is 3.70. The molecule has 7 nitrogen and oxygen atoms in total. The molecule has 0 atom stereocenters. The van der Waals surface area contributed by atoms with E-state index in [4.69, 9.17) is 21.7 Å². The van der Waals surface area contributed by atoms with Gasteiger partial charge in [-0.1, -0.05) is 0 Å². The molecule has 0 amide bonds. The molecule has 0 saturated carbocycles. The Morgan fingerprint density at radius 2 is 2.09 bits per heavy atom. The van der Waals surface area contributed by atoms with Crippen LogP contribution < -0.4 is 5.32 Å². The van der Waals surface area contributed by atoms with Crippen LogP contribution in [-0.2, 0) is 22.3 Å². The highest BCUT2D eigenvalue weighted by Gasteiger charge is 2.26. The van der Waals surface area contributed by atoms with Crippen molar-refractivity contribution in [1.29, 1.82) is 0 Å². The molecule has 1 aliphatic carbocycles. The van der Waals surface area contributed by atoms with Crippen LogP contribution in [0.2, 0.25) is 0 Å². The minimum Gasteiger partial charge on any atom is -0.449 e. The SMILES string of the molecule is CCOC(=O)n1c(NC(=S)N2CCOCC2)nc2c1CCCC2. The molecule has 0 aromatic carbocycles. The van der Waals surface area contributed by atoms with Crippen molar-refractivity contribution in [2.75, 3.05) is 38.2 Å². The van der Waals surface area contributed by atoms with E-state index >= 15 is 0 Å². The third-order valence-electron chi connectivity index (χ3n) is 4.10. The van der Waals surface area contributed by atoms with Crippen LogP contribution in [0.3, 0.4) is 0 Å². The van der Waals surface area contributed by atoms with E-state index in [0.717, 1.165) is 50.2 Å². The number of rotatable bonds is 2. The first-order chi connectivity index (χ1) is 11.2. The molecule has 1 saturated heterocycles. The second kappa shape index (κ2) is 7.27. The number of imidazole rings is 1. The van der Waals surface area contributed by atoms with E-state index in [1.165, 1.54) is 0 Å². The third kappa shape index (κ3) is 3.48. The molecule has 0 radical (unpaired) electrons. The van der Waals surface area contributed by atoms with Gasteiger partial charge in [0, 0.05) is 13.1 Å². The Kier molecular flexibility index (Phi) is 5.12. The van der Waals surface area contributed by atoms with Crippen LogP contribution >= 0.6 is 12.2 Å². The van der Waals surface area contributed by atoms with Gasteiger partial charge >= 0.3 is 6.09 Å². The number of anilines is 1. The molecule has 0 spiro atoms. The van der Waals surface area contributed by atoms with E-state index in [9.17, 15) is 4.79 Å². The lowest BCUT2D eigenvalue weighted by molar-refractivity contribution is 0.0690. The molecule has 2 heterocycles. The van der Waals surface area contributed by atoms with Crippen LogP contribution in [-0.4, -0.2) is 58.6 Å². The molecule has 1 aromatic rings. The standard InChI is InChI=1S/C15H22N4O3S/c1-2-22-15(20)19-12-6-4-3-5-11(12)16-13(19)17-14(23)18-7-9-21-10-8-18/h2-10H2,1H3,(H,16,17,23). The molecular weight excluding hydrogens is 316 g/mol. The topological polar surface area (TPSA) is 68.6 Å². The summed E-state index contributed by atoms with van der Waals surface area (Å²) in [7, 11) is 0. The summed E-state index contributed by atoms with van der Waals surface area (Å²) in [4.78, 5) is 19.0. The first-order valence-corrected chi connectivity index (χ1v) is 8.52. The Morgan fingerprint density at radius 1 is 1.35 bits per heavy atom. The fraction of sp³-hybridized carbons (Fsp3) is 0.667. The summed E-state index contributed by atoms with van der Waals surface area (Å²) in [5.41, 5.74) is 1.92. The van der Waals surface area contributed by atoms with Crippen molar-refractivity contribution in [2.45, 2.75) is 32.6 Å². The first kappa shape index (κ1) is 16.2. The van der Waals surface area contributed by atoms with Gasteiger partial charge in [-0.2, -0.15) is 0 Å². The molecule has 0 unspecified atom stereocenters. The smallest absolute Gasteiger partial charge is 0.421 e. The average molecular weight is 338 g/mol. The van der Waals surface area contributed by atoms with Crippen LogP contribution in [0.4, 0.5) is 10.7 Å². The highest BCUT2D eigenvalue weighted by Crippen LogP contribution is 2.25. The maximum atomic E-state index is 12.3. The minimum absolute atomic E-state index is 0.332. The number of hydrogen-bond acceptors (Lipinski definition) is 5. The lowest BCUT2D eigenvalue weighted by atomic mass is 10.0. The van der Waals surface area contributed by atoms with Crippen molar-refractivity contribution in [3.8, 4) is 0 Å². The van der Waals surface area contributed by atoms with Gasteiger partial charge in [0.1, 0.15) is 0 Å². The normalized spacial score (nSPS) is 17.5. The lowest BCUT2D eigenvalue weighted by Gasteiger charge is -2.29. The molecule has 23 heavy (non-hydrogen) atoms. The number of aryl methyl sites for hydroxylation is 1. The van der Waals surface area contributed by atoms with Gasteiger partial charge in [-0.05, 0) is 44.8 Å². The van der Waals surface area contributed by atoms with Crippen molar-refractivity contribution < 1.29 is 14.3 Å². The van der Waals surface area contributed by atoms with E-state index in [1.54, 1.807) is 11.5 Å². The number of nitrogens with one attached hydrogen (secondary N) is 1. The van der Waals surface area contributed by atoms with Crippen molar-refractivity contribution in [1.82, 2.24) is 14.5 Å². The van der Waals surface area contributed by atoms with Crippen molar-refractivity contribution in [3.05, 3.63) is 11.4 Å². The van der Waals surface area contributed by atoms with Crippen LogP contribution in [0, 0.1) is 0 Å². The van der Waals surface area contributed by atoms with Gasteiger partial charge in [-0.3, -0.25) is 0 Å². The summed E-state index contributed by atoms with van der Waals surface area (Å²) in [6, 6.07) is 0. The number of thiocarbonyl (C=S) groups is 1. The number of hydrogen-bond donors (Lipinski definition) is 1. The largest absolute Gasteiger partial charge is 0.449 e. The molecule has 1 aliphatic heterocycles. The second-order valence-corrected chi connectivity index (χ2v) is 5.99. The van der Waals surface area contributed by atoms with Crippen LogP contribution in [0.25, 0.3) is 0 Å². The number of carbonyl (C=O) groups excluding carboxylic acids is 1. The quantitative estimate of drug-likeness (QED) is 0.825. The zero-order valence-electron chi connectivity index (χ0n) is 13.3. The maximum absolute atomic E-state index is 12.3. The molecule has 1 aromatic heterocycles. The van der Waals surface area contributed by atoms with Gasteiger partial charge in [0.05, 0.1) is 31.2 Å². The highest BCUT2D eigenvalue weighted by molar-refractivity contribution is 7.80. The van der Waals surface area contributed by atoms with E-state index in [-0.39, 0.29) is 0 Å². The number of aromatic nitrogens is 2. The van der Waals surface area contributed by atoms with Crippen LogP contribution in [0.1, 0.15) is 31.2 Å². The maximum Gasteiger partial charge on any atom is 0.421 e. The van der Waals surface area contributed by atoms with E-state index in [1.807, 2.05) is 4.90 Å². The molecule has 2 aliphatic rings. The molecule has 3 rings (SSSR count). The van der Waals surface area contributed by atoms with Crippen molar-refractivity contribution >= 4 is 29.4 Å². The molecule has 126 valence electrons. The number of morpholine rings is 1.